The largest absolute Gasteiger partial charge is 0.335 e. The van der Waals surface area contributed by atoms with E-state index in [1.54, 1.807) is 20.8 Å². The number of carbonyl (C=O) groups is 3. The summed E-state index contributed by atoms with van der Waals surface area (Å²) >= 11 is 5.83. The van der Waals surface area contributed by atoms with Gasteiger partial charge < -0.3 is 5.32 Å². The van der Waals surface area contributed by atoms with E-state index in [9.17, 15) is 18.8 Å². The zero-order valence-electron chi connectivity index (χ0n) is 14.8. The number of benzene rings is 1. The van der Waals surface area contributed by atoms with Gasteiger partial charge >= 0.3 is 6.03 Å². The quantitative estimate of drug-likeness (QED) is 0.642. The van der Waals surface area contributed by atoms with Crippen LogP contribution in [0.1, 0.15) is 41.5 Å². The molecule has 0 bridgehead atoms. The van der Waals surface area contributed by atoms with Gasteiger partial charge in [-0.2, -0.15) is 0 Å². The number of hydrogen-bond acceptors (Lipinski definition) is 5. The lowest BCUT2D eigenvalue weighted by Crippen LogP contribution is -2.46. The Morgan fingerprint density at radius 2 is 1.96 bits per heavy atom. The maximum Gasteiger partial charge on any atom is 0.328 e. The molecule has 1 aromatic carbocycles. The summed E-state index contributed by atoms with van der Waals surface area (Å²) in [6.45, 7) is 5.15. The van der Waals surface area contributed by atoms with Crippen LogP contribution < -0.4 is 10.2 Å². The van der Waals surface area contributed by atoms with Crippen molar-refractivity contribution in [2.45, 2.75) is 32.7 Å². The van der Waals surface area contributed by atoms with Crippen LogP contribution in [-0.2, 0) is 4.79 Å². The molecule has 1 aliphatic rings. The number of nitrogens with one attached hydrogen (secondary N) is 1. The smallest absolute Gasteiger partial charge is 0.328 e. The molecular weight excluding hydrogens is 375 g/mol. The predicted octanol–water partition coefficient (Wildman–Crippen LogP) is 3.01. The molecule has 27 heavy (non-hydrogen) atoms. The molecule has 0 aliphatic carbocycles. The molecule has 3 amide bonds. The van der Waals surface area contributed by atoms with Gasteiger partial charge in [-0.15, -0.1) is 0 Å². The maximum atomic E-state index is 14.0. The second-order valence-electron chi connectivity index (χ2n) is 6.44. The number of anilines is 1. The van der Waals surface area contributed by atoms with Crippen LogP contribution in [0.25, 0.3) is 0 Å². The molecule has 0 spiro atoms. The van der Waals surface area contributed by atoms with Gasteiger partial charge in [0.25, 0.3) is 5.91 Å². The third-order valence-electron chi connectivity index (χ3n) is 4.00. The van der Waals surface area contributed by atoms with Crippen molar-refractivity contribution in [3.63, 3.8) is 0 Å². The molecule has 7 nitrogen and oxygen atoms in total. The first-order valence-corrected chi connectivity index (χ1v) is 8.54. The van der Waals surface area contributed by atoms with Gasteiger partial charge in [-0.05, 0) is 38.5 Å². The van der Waals surface area contributed by atoms with Crippen molar-refractivity contribution < 1.29 is 18.8 Å². The number of fused-ring (bicyclic) bond motifs is 1. The normalized spacial score (nSPS) is 15.9. The molecule has 3 rings (SSSR count). The van der Waals surface area contributed by atoms with Crippen molar-refractivity contribution in [1.82, 2.24) is 15.3 Å². The molecule has 1 atom stereocenters. The Morgan fingerprint density at radius 3 is 2.56 bits per heavy atom. The summed E-state index contributed by atoms with van der Waals surface area (Å²) in [4.78, 5) is 47.1. The van der Waals surface area contributed by atoms with Gasteiger partial charge in [0.05, 0.1) is 22.6 Å². The SMILES string of the molecule is Cc1cnc(C(=O)C2C(=O)N(C(=O)NC(C)C)c3cc(Cl)c(F)cc32)cn1. The standard InChI is InChI=1S/C18H16ClFN4O3/c1-8(2)23-18(27)24-14-5-11(19)12(20)4-10(14)15(17(24)26)16(25)13-7-21-9(3)6-22-13/h4-8,15H,1-3H3,(H,23,27). The molecule has 0 fully saturated rings. The van der Waals surface area contributed by atoms with E-state index >= 15 is 0 Å². The molecule has 0 saturated heterocycles. The average molecular weight is 391 g/mol. The van der Waals surface area contributed by atoms with Crippen LogP contribution in [0.4, 0.5) is 14.9 Å². The number of urea groups is 1. The molecule has 1 unspecified atom stereocenters. The minimum absolute atomic E-state index is 0.0497. The number of rotatable bonds is 3. The van der Waals surface area contributed by atoms with Gasteiger partial charge in [0.1, 0.15) is 17.4 Å². The number of Topliss-reactive ketones (excluding diaryl/α,β-unsaturated/α-hetero) is 1. The van der Waals surface area contributed by atoms with E-state index in [0.29, 0.717) is 5.69 Å². The van der Waals surface area contributed by atoms with Crippen molar-refractivity contribution in [1.29, 1.82) is 0 Å². The average Bonchev–Trinajstić information content (AvgIpc) is 2.86. The van der Waals surface area contributed by atoms with Crippen molar-refractivity contribution in [2.24, 2.45) is 0 Å². The second kappa shape index (κ2) is 7.03. The van der Waals surface area contributed by atoms with E-state index in [-0.39, 0.29) is 28.0 Å². The Morgan fingerprint density at radius 1 is 1.26 bits per heavy atom. The second-order valence-corrected chi connectivity index (χ2v) is 6.85. The third-order valence-corrected chi connectivity index (χ3v) is 4.29. The van der Waals surface area contributed by atoms with Crippen LogP contribution in [0, 0.1) is 12.7 Å². The summed E-state index contributed by atoms with van der Waals surface area (Å²) in [6.07, 6.45) is 2.63. The predicted molar refractivity (Wildman–Crippen MR) is 96.4 cm³/mol. The highest BCUT2D eigenvalue weighted by molar-refractivity contribution is 6.33. The Balaban J connectivity index is 2.09. The van der Waals surface area contributed by atoms with Gasteiger partial charge in [-0.1, -0.05) is 11.6 Å². The zero-order chi connectivity index (χ0) is 19.9. The summed E-state index contributed by atoms with van der Waals surface area (Å²) in [5.41, 5.74) is 0.683. The fraction of sp³-hybridized carbons (Fsp3) is 0.278. The van der Waals surface area contributed by atoms with Crippen molar-refractivity contribution in [3.05, 3.63) is 52.3 Å². The summed E-state index contributed by atoms with van der Waals surface area (Å²) in [6, 6.07) is 1.20. The number of amides is 3. The van der Waals surface area contributed by atoms with Crippen molar-refractivity contribution in [2.75, 3.05) is 4.90 Å². The van der Waals surface area contributed by atoms with E-state index in [0.717, 1.165) is 17.0 Å². The van der Waals surface area contributed by atoms with Crippen molar-refractivity contribution in [3.8, 4) is 0 Å². The van der Waals surface area contributed by atoms with Crippen LogP contribution in [-0.4, -0.2) is 33.7 Å². The highest BCUT2D eigenvalue weighted by Gasteiger charge is 2.46. The van der Waals surface area contributed by atoms with Gasteiger partial charge in [0.15, 0.2) is 5.78 Å². The van der Waals surface area contributed by atoms with Gasteiger partial charge in [-0.25, -0.2) is 19.1 Å². The molecule has 1 aromatic heterocycles. The molecule has 140 valence electrons. The van der Waals surface area contributed by atoms with Crippen molar-refractivity contribution >= 4 is 35.0 Å². The van der Waals surface area contributed by atoms with Gasteiger partial charge in [0.2, 0.25) is 0 Å². The monoisotopic (exact) mass is 390 g/mol. The molecular formula is C18H16ClFN4O3. The molecule has 1 N–H and O–H groups in total. The van der Waals surface area contributed by atoms with Gasteiger partial charge in [-0.3, -0.25) is 14.6 Å². The number of ketones is 1. The van der Waals surface area contributed by atoms with Crippen LogP contribution >= 0.6 is 11.6 Å². The first-order chi connectivity index (χ1) is 12.7. The molecule has 9 heteroatoms. The lowest BCUT2D eigenvalue weighted by Gasteiger charge is -2.18. The van der Waals surface area contributed by atoms with Gasteiger partial charge in [0, 0.05) is 12.2 Å². The summed E-state index contributed by atoms with van der Waals surface area (Å²) in [5.74, 6) is -3.66. The Hall–Kier alpha value is -2.87. The van der Waals surface area contributed by atoms with E-state index in [1.165, 1.54) is 12.4 Å². The number of hydrogen-bond donors (Lipinski definition) is 1. The fourth-order valence-corrected chi connectivity index (χ4v) is 2.96. The summed E-state index contributed by atoms with van der Waals surface area (Å²) < 4.78 is 14.0. The van der Waals surface area contributed by atoms with Crippen LogP contribution in [0.5, 0.6) is 0 Å². The first kappa shape index (κ1) is 18.9. The highest BCUT2D eigenvalue weighted by atomic mass is 35.5. The number of aromatic nitrogens is 2. The minimum atomic E-state index is -1.40. The van der Waals surface area contributed by atoms with E-state index < -0.39 is 29.5 Å². The van der Waals surface area contributed by atoms with E-state index in [1.807, 2.05) is 0 Å². The fourth-order valence-electron chi connectivity index (χ4n) is 2.80. The minimum Gasteiger partial charge on any atom is -0.335 e. The summed E-state index contributed by atoms with van der Waals surface area (Å²) in [5, 5.41) is 2.33. The zero-order valence-corrected chi connectivity index (χ0v) is 15.5. The Kier molecular flexibility index (Phi) is 4.93. The van der Waals surface area contributed by atoms with Crippen LogP contribution in [0.2, 0.25) is 5.02 Å². The van der Waals surface area contributed by atoms with Crippen LogP contribution in [0.15, 0.2) is 24.5 Å². The molecule has 0 saturated carbocycles. The number of aryl methyl sites for hydroxylation is 1. The number of imide groups is 1. The Bertz CT molecular complexity index is 946. The lowest BCUT2D eigenvalue weighted by molar-refractivity contribution is -0.117. The maximum absolute atomic E-state index is 14.0. The molecule has 2 aromatic rings. The van der Waals surface area contributed by atoms with E-state index in [2.05, 4.69) is 15.3 Å². The first-order valence-electron chi connectivity index (χ1n) is 8.17. The molecule has 0 radical (unpaired) electrons. The topological polar surface area (TPSA) is 92.3 Å². The third kappa shape index (κ3) is 3.40. The molecule has 2 heterocycles. The Labute approximate surface area is 159 Å². The number of halogens is 2. The highest BCUT2D eigenvalue weighted by Crippen LogP contribution is 2.41. The molecule has 1 aliphatic heterocycles. The van der Waals surface area contributed by atoms with E-state index in [4.69, 9.17) is 11.6 Å². The van der Waals surface area contributed by atoms with Crippen LogP contribution in [0.3, 0.4) is 0 Å². The lowest BCUT2D eigenvalue weighted by atomic mass is 9.94. The summed E-state index contributed by atoms with van der Waals surface area (Å²) in [7, 11) is 0. The number of nitrogens with zero attached hydrogens (tertiary/aromatic N) is 3. The number of carbonyl (C=O) groups excluding carboxylic acids is 3.